The number of hydrogen-bond acceptors (Lipinski definition) is 0. The van der Waals surface area contributed by atoms with E-state index in [-0.39, 0.29) is 0 Å². The highest BCUT2D eigenvalue weighted by Crippen LogP contribution is 2.10. The largest absolute Gasteiger partial charge is 0.0985 e. The fourth-order valence-corrected chi connectivity index (χ4v) is 2.35. The summed E-state index contributed by atoms with van der Waals surface area (Å²) >= 11 is 0. The van der Waals surface area contributed by atoms with E-state index in [0.717, 1.165) is 22.3 Å². The van der Waals surface area contributed by atoms with Crippen LogP contribution in [0.1, 0.15) is 27.8 Å². The fourth-order valence-electron chi connectivity index (χ4n) is 2.35. The Labute approximate surface area is 170 Å². The molecule has 3 aromatic rings. The molecule has 3 aromatic carbocycles. The lowest BCUT2D eigenvalue weighted by atomic mass is 10.1. The molecule has 28 heavy (non-hydrogen) atoms. The Morgan fingerprint density at radius 2 is 0.643 bits per heavy atom. The van der Waals surface area contributed by atoms with Crippen molar-refractivity contribution in [2.24, 2.45) is 0 Å². The first-order chi connectivity index (χ1) is 13.7. The third-order valence-corrected chi connectivity index (χ3v) is 3.91. The Balaban J connectivity index is 0.000000212. The van der Waals surface area contributed by atoms with Gasteiger partial charge in [-0.25, -0.2) is 0 Å². The Morgan fingerprint density at radius 1 is 0.357 bits per heavy atom. The van der Waals surface area contributed by atoms with Crippen molar-refractivity contribution in [3.05, 3.63) is 140 Å². The average Bonchev–Trinajstić information content (AvgIpc) is 2.80. The Hall–Kier alpha value is -3.64. The normalized spacial score (nSPS) is 8.71. The second-order valence-electron chi connectivity index (χ2n) is 5.69. The van der Waals surface area contributed by atoms with Gasteiger partial charge in [-0.15, -0.1) is 0 Å². The molecule has 0 amide bonds. The summed E-state index contributed by atoms with van der Waals surface area (Å²) in [6.45, 7) is 18.4. The molecule has 0 N–H and O–H groups in total. The first-order valence-electron chi connectivity index (χ1n) is 9.05. The Kier molecular flexibility index (Phi) is 10.8. The minimum Gasteiger partial charge on any atom is -0.0985 e. The van der Waals surface area contributed by atoms with Crippen LogP contribution in [0.3, 0.4) is 0 Å². The van der Waals surface area contributed by atoms with Crippen LogP contribution in [0.15, 0.2) is 112 Å². The van der Waals surface area contributed by atoms with Gasteiger partial charge in [-0.3, -0.25) is 0 Å². The molecule has 0 nitrogen and oxygen atoms in total. The topological polar surface area (TPSA) is 0 Å². The van der Waals surface area contributed by atoms with Gasteiger partial charge in [-0.2, -0.15) is 0 Å². The molecular weight excluding hydrogens is 336 g/mol. The molecule has 0 heterocycles. The molecule has 0 aliphatic rings. The van der Waals surface area contributed by atoms with Crippen LogP contribution >= 0.6 is 0 Å². The minimum absolute atomic E-state index is 1.14. The molecule has 0 unspecified atom stereocenters. The smallest absolute Gasteiger partial charge is 0.0190 e. The summed E-state index contributed by atoms with van der Waals surface area (Å²) in [5.41, 5.74) is 5.72. The van der Waals surface area contributed by atoms with E-state index in [1.54, 1.807) is 0 Å². The summed E-state index contributed by atoms with van der Waals surface area (Å²) in [6, 6.07) is 26.1. The first-order valence-corrected chi connectivity index (χ1v) is 9.05. The van der Waals surface area contributed by atoms with Crippen molar-refractivity contribution in [1.82, 2.24) is 0 Å². The minimum atomic E-state index is 1.14. The summed E-state index contributed by atoms with van der Waals surface area (Å²) in [6.07, 6.45) is 9.15. The molecule has 0 saturated carbocycles. The molecular formula is C28H28. The number of rotatable bonds is 5. The predicted molar refractivity (Wildman–Crippen MR) is 130 cm³/mol. The lowest BCUT2D eigenvalue weighted by Gasteiger charge is -1.96. The van der Waals surface area contributed by atoms with Gasteiger partial charge in [0, 0.05) is 0 Å². The van der Waals surface area contributed by atoms with Crippen molar-refractivity contribution < 1.29 is 0 Å². The molecule has 0 aliphatic carbocycles. The lowest BCUT2D eigenvalue weighted by molar-refractivity contribution is 1.62. The molecule has 0 fully saturated rings. The van der Waals surface area contributed by atoms with Gasteiger partial charge in [0.1, 0.15) is 0 Å². The maximum Gasteiger partial charge on any atom is -0.0190 e. The van der Waals surface area contributed by atoms with Crippen molar-refractivity contribution in [3.63, 3.8) is 0 Å². The van der Waals surface area contributed by atoms with Gasteiger partial charge in [0.05, 0.1) is 0 Å². The molecule has 0 heteroatoms. The highest BCUT2D eigenvalue weighted by molar-refractivity contribution is 5.63. The van der Waals surface area contributed by atoms with Crippen molar-refractivity contribution in [3.8, 4) is 0 Å². The standard InChI is InChI=1S/2C10H10.C8H8/c2*1-3-9-7-5-6-8-10(9)4-2;1-2-8-6-4-3-5-7-8/h2*3-8H,1-2H2;2-7H,1H2. The van der Waals surface area contributed by atoms with Crippen LogP contribution in [0.25, 0.3) is 30.4 Å². The molecule has 0 saturated heterocycles. The Bertz CT molecular complexity index is 789. The van der Waals surface area contributed by atoms with Crippen LogP contribution in [0.4, 0.5) is 0 Å². The van der Waals surface area contributed by atoms with Gasteiger partial charge in [-0.1, -0.05) is 142 Å². The van der Waals surface area contributed by atoms with Crippen molar-refractivity contribution >= 4 is 30.4 Å². The van der Waals surface area contributed by atoms with Crippen LogP contribution in [0.2, 0.25) is 0 Å². The lowest BCUT2D eigenvalue weighted by Crippen LogP contribution is -1.76. The maximum absolute atomic E-state index is 3.69. The summed E-state index contributed by atoms with van der Waals surface area (Å²) in [4.78, 5) is 0. The van der Waals surface area contributed by atoms with Gasteiger partial charge < -0.3 is 0 Å². The zero-order chi connectivity index (χ0) is 20.6. The highest BCUT2D eigenvalue weighted by atomic mass is 13.9. The van der Waals surface area contributed by atoms with E-state index in [4.69, 9.17) is 0 Å². The molecule has 140 valence electrons. The third-order valence-electron chi connectivity index (χ3n) is 3.91. The zero-order valence-electron chi connectivity index (χ0n) is 16.4. The van der Waals surface area contributed by atoms with Crippen LogP contribution in [-0.4, -0.2) is 0 Å². The van der Waals surface area contributed by atoms with Gasteiger partial charge >= 0.3 is 0 Å². The van der Waals surface area contributed by atoms with E-state index in [0.29, 0.717) is 0 Å². The van der Waals surface area contributed by atoms with Crippen LogP contribution < -0.4 is 0 Å². The molecule has 0 radical (unpaired) electrons. The zero-order valence-corrected chi connectivity index (χ0v) is 16.4. The highest BCUT2D eigenvalue weighted by Gasteiger charge is 1.90. The monoisotopic (exact) mass is 364 g/mol. The van der Waals surface area contributed by atoms with E-state index in [1.807, 2.05) is 109 Å². The quantitative estimate of drug-likeness (QED) is 0.427. The summed E-state index contributed by atoms with van der Waals surface area (Å²) in [7, 11) is 0. The third kappa shape index (κ3) is 7.72. The van der Waals surface area contributed by atoms with Crippen molar-refractivity contribution in [2.45, 2.75) is 0 Å². The SMILES string of the molecule is C=Cc1ccccc1.C=Cc1ccccc1C=C.C=Cc1ccccc1C=C. The van der Waals surface area contributed by atoms with Crippen LogP contribution in [0.5, 0.6) is 0 Å². The van der Waals surface area contributed by atoms with Crippen molar-refractivity contribution in [1.29, 1.82) is 0 Å². The van der Waals surface area contributed by atoms with E-state index in [9.17, 15) is 0 Å². The molecule has 0 spiro atoms. The van der Waals surface area contributed by atoms with Crippen molar-refractivity contribution in [2.75, 3.05) is 0 Å². The molecule has 0 aromatic heterocycles. The van der Waals surface area contributed by atoms with Crippen LogP contribution in [-0.2, 0) is 0 Å². The first kappa shape index (κ1) is 22.4. The molecule has 0 atom stereocenters. The average molecular weight is 365 g/mol. The summed E-state index contributed by atoms with van der Waals surface area (Å²) in [5, 5.41) is 0. The van der Waals surface area contributed by atoms with E-state index in [1.165, 1.54) is 5.56 Å². The maximum atomic E-state index is 3.69. The number of benzene rings is 3. The van der Waals surface area contributed by atoms with Crippen LogP contribution in [0, 0.1) is 0 Å². The predicted octanol–water partition coefficient (Wildman–Crippen LogP) is 8.27. The van der Waals surface area contributed by atoms with E-state index in [2.05, 4.69) is 32.9 Å². The van der Waals surface area contributed by atoms with Gasteiger partial charge in [0.25, 0.3) is 0 Å². The molecule has 0 bridgehead atoms. The van der Waals surface area contributed by atoms with Gasteiger partial charge in [-0.05, 0) is 27.8 Å². The number of hydrogen-bond donors (Lipinski definition) is 0. The molecule has 0 aliphatic heterocycles. The Morgan fingerprint density at radius 3 is 0.857 bits per heavy atom. The summed E-state index contributed by atoms with van der Waals surface area (Å²) in [5.74, 6) is 0. The second kappa shape index (κ2) is 13.5. The fraction of sp³-hybridized carbons (Fsp3) is 0. The second-order valence-corrected chi connectivity index (χ2v) is 5.69. The van der Waals surface area contributed by atoms with E-state index < -0.39 is 0 Å². The van der Waals surface area contributed by atoms with Gasteiger partial charge in [0.15, 0.2) is 0 Å². The van der Waals surface area contributed by atoms with E-state index >= 15 is 0 Å². The molecule has 3 rings (SSSR count). The van der Waals surface area contributed by atoms with Gasteiger partial charge in [0.2, 0.25) is 0 Å². The summed E-state index contributed by atoms with van der Waals surface area (Å²) < 4.78 is 0.